The second kappa shape index (κ2) is 10.0. The van der Waals surface area contributed by atoms with E-state index in [1.807, 2.05) is 84.9 Å². The van der Waals surface area contributed by atoms with Gasteiger partial charge in [-0.1, -0.05) is 102 Å². The maximum absolute atomic E-state index is 12.6. The topological polar surface area (TPSA) is 84.0 Å². The third-order valence-electron chi connectivity index (χ3n) is 5.27. The van der Waals surface area contributed by atoms with Gasteiger partial charge in [-0.25, -0.2) is 0 Å². The minimum atomic E-state index is -0.155. The first-order valence-electron chi connectivity index (χ1n) is 10.7. The van der Waals surface area contributed by atoms with E-state index in [-0.39, 0.29) is 24.0 Å². The Morgan fingerprint density at radius 1 is 0.735 bits per heavy atom. The van der Waals surface area contributed by atoms with Crippen molar-refractivity contribution in [3.8, 4) is 0 Å². The van der Waals surface area contributed by atoms with Crippen molar-refractivity contribution in [3.63, 3.8) is 0 Å². The fraction of sp³-hybridized carbons (Fsp3) is 0.0769. The van der Waals surface area contributed by atoms with Gasteiger partial charge in [-0.05, 0) is 27.8 Å². The number of nitrogens with zero attached hydrogens (tertiary/aromatic N) is 2. The van der Waals surface area contributed by atoms with Crippen molar-refractivity contribution >= 4 is 67.3 Å². The molecule has 0 fully saturated rings. The second-order valence-electron chi connectivity index (χ2n) is 7.60. The number of aromatic nitrogens is 2. The monoisotopic (exact) mass is 484 g/mol. The van der Waals surface area contributed by atoms with Crippen LogP contribution >= 0.6 is 23.1 Å². The lowest BCUT2D eigenvalue weighted by molar-refractivity contribution is -0.115. The van der Waals surface area contributed by atoms with Crippen molar-refractivity contribution in [1.82, 2.24) is 10.2 Å². The largest absolute Gasteiger partial charge is 0.325 e. The first-order chi connectivity index (χ1) is 16.7. The van der Waals surface area contributed by atoms with Crippen molar-refractivity contribution in [3.05, 3.63) is 90.5 Å². The van der Waals surface area contributed by atoms with E-state index in [1.54, 1.807) is 0 Å². The molecule has 1 aromatic heterocycles. The predicted octanol–water partition coefficient (Wildman–Crippen LogP) is 5.76. The summed E-state index contributed by atoms with van der Waals surface area (Å²) < 4.78 is 0.619. The highest BCUT2D eigenvalue weighted by molar-refractivity contribution is 8.01. The second-order valence-corrected chi connectivity index (χ2v) is 9.80. The number of carbonyl (C=O) groups is 2. The molecule has 34 heavy (non-hydrogen) atoms. The molecule has 0 unspecified atom stereocenters. The lowest BCUT2D eigenvalue weighted by atomic mass is 10.0. The van der Waals surface area contributed by atoms with Crippen LogP contribution in [0.1, 0.15) is 5.56 Å². The van der Waals surface area contributed by atoms with E-state index in [9.17, 15) is 9.59 Å². The summed E-state index contributed by atoms with van der Waals surface area (Å²) in [7, 11) is 0. The molecule has 6 nitrogen and oxygen atoms in total. The Morgan fingerprint density at radius 3 is 2.24 bits per heavy atom. The van der Waals surface area contributed by atoms with Crippen LogP contribution in [0.25, 0.3) is 21.5 Å². The summed E-state index contributed by atoms with van der Waals surface area (Å²) in [6.45, 7) is 0. The van der Waals surface area contributed by atoms with E-state index in [0.29, 0.717) is 9.47 Å². The Labute approximate surface area is 204 Å². The van der Waals surface area contributed by atoms with Crippen LogP contribution in [-0.2, 0) is 16.0 Å². The van der Waals surface area contributed by atoms with Crippen molar-refractivity contribution in [1.29, 1.82) is 0 Å². The summed E-state index contributed by atoms with van der Waals surface area (Å²) in [6, 6.07) is 27.7. The molecular weight excluding hydrogens is 464 g/mol. The van der Waals surface area contributed by atoms with Gasteiger partial charge in [0.1, 0.15) is 0 Å². The molecule has 0 saturated carbocycles. The predicted molar refractivity (Wildman–Crippen MR) is 139 cm³/mol. The molecule has 0 radical (unpaired) electrons. The SMILES string of the molecule is O=C(Cc1cccc2ccccc12)Nc1nnc(SCC(=O)Nc2cccc3ccccc23)s1. The zero-order valence-electron chi connectivity index (χ0n) is 18.0. The van der Waals surface area contributed by atoms with Gasteiger partial charge >= 0.3 is 0 Å². The molecule has 8 heteroatoms. The molecular formula is C26H20N4O2S2. The molecule has 5 rings (SSSR count). The quantitative estimate of drug-likeness (QED) is 0.227. The van der Waals surface area contributed by atoms with E-state index in [0.717, 1.165) is 32.8 Å². The van der Waals surface area contributed by atoms with Gasteiger partial charge in [-0.15, -0.1) is 10.2 Å². The highest BCUT2D eigenvalue weighted by Gasteiger charge is 2.13. The van der Waals surface area contributed by atoms with Gasteiger partial charge < -0.3 is 10.6 Å². The van der Waals surface area contributed by atoms with Gasteiger partial charge in [0.25, 0.3) is 0 Å². The summed E-state index contributed by atoms with van der Waals surface area (Å²) in [5, 5.41) is 18.6. The molecule has 1 heterocycles. The van der Waals surface area contributed by atoms with Crippen molar-refractivity contribution < 1.29 is 9.59 Å². The van der Waals surface area contributed by atoms with Gasteiger partial charge in [0.05, 0.1) is 12.2 Å². The van der Waals surface area contributed by atoms with Crippen LogP contribution in [0.2, 0.25) is 0 Å². The van der Waals surface area contributed by atoms with Crippen LogP contribution in [0.4, 0.5) is 10.8 Å². The number of hydrogen-bond donors (Lipinski definition) is 2. The average molecular weight is 485 g/mol. The molecule has 0 aliphatic carbocycles. The molecule has 0 aliphatic heterocycles. The van der Waals surface area contributed by atoms with Crippen LogP contribution in [0.5, 0.6) is 0 Å². The van der Waals surface area contributed by atoms with Gasteiger partial charge in [-0.2, -0.15) is 0 Å². The number of benzene rings is 4. The minimum absolute atomic E-state index is 0.127. The Balaban J connectivity index is 1.16. The molecule has 2 N–H and O–H groups in total. The Morgan fingerprint density at radius 2 is 1.41 bits per heavy atom. The van der Waals surface area contributed by atoms with E-state index in [2.05, 4.69) is 20.8 Å². The zero-order valence-corrected chi connectivity index (χ0v) is 19.7. The molecule has 4 aromatic carbocycles. The third kappa shape index (κ3) is 5.08. The molecule has 0 bridgehead atoms. The number of hydrogen-bond acceptors (Lipinski definition) is 6. The Hall–Kier alpha value is -3.75. The van der Waals surface area contributed by atoms with Gasteiger partial charge in [-0.3, -0.25) is 9.59 Å². The molecule has 2 amide bonds. The minimum Gasteiger partial charge on any atom is -0.325 e. The molecule has 0 atom stereocenters. The number of amides is 2. The molecule has 5 aromatic rings. The average Bonchev–Trinajstić information content (AvgIpc) is 3.30. The fourth-order valence-corrected chi connectivity index (χ4v) is 5.32. The first-order valence-corrected chi connectivity index (χ1v) is 12.5. The number of thioether (sulfide) groups is 1. The summed E-state index contributed by atoms with van der Waals surface area (Å²) in [5.74, 6) is -0.0854. The van der Waals surface area contributed by atoms with Crippen molar-refractivity contribution in [2.45, 2.75) is 10.8 Å². The van der Waals surface area contributed by atoms with Crippen LogP contribution in [0, 0.1) is 0 Å². The highest BCUT2D eigenvalue weighted by Crippen LogP contribution is 2.27. The summed E-state index contributed by atoms with van der Waals surface area (Å²) in [5.41, 5.74) is 1.74. The van der Waals surface area contributed by atoms with E-state index < -0.39 is 0 Å². The summed E-state index contributed by atoms with van der Waals surface area (Å²) >= 11 is 2.54. The number of fused-ring (bicyclic) bond motifs is 2. The number of anilines is 2. The normalized spacial score (nSPS) is 10.9. The molecule has 168 valence electrons. The molecule has 0 aliphatic rings. The lowest BCUT2D eigenvalue weighted by Gasteiger charge is -2.08. The Kier molecular flexibility index (Phi) is 6.51. The third-order valence-corrected chi connectivity index (χ3v) is 7.25. The van der Waals surface area contributed by atoms with E-state index >= 15 is 0 Å². The maximum atomic E-state index is 12.6. The van der Waals surface area contributed by atoms with Crippen molar-refractivity contribution in [2.75, 3.05) is 16.4 Å². The van der Waals surface area contributed by atoms with Gasteiger partial charge in [0.2, 0.25) is 16.9 Å². The zero-order chi connectivity index (χ0) is 23.3. The fourth-order valence-electron chi connectivity index (χ4n) is 3.75. The number of carbonyl (C=O) groups excluding carboxylic acids is 2. The number of rotatable bonds is 7. The molecule has 0 saturated heterocycles. The lowest BCUT2D eigenvalue weighted by Crippen LogP contribution is -2.14. The maximum Gasteiger partial charge on any atom is 0.234 e. The first kappa shape index (κ1) is 22.1. The van der Waals surface area contributed by atoms with E-state index in [4.69, 9.17) is 0 Å². The van der Waals surface area contributed by atoms with Crippen LogP contribution in [0.3, 0.4) is 0 Å². The Bertz CT molecular complexity index is 1490. The standard InChI is InChI=1S/C26H20N4O2S2/c31-23(15-19-11-5-9-17-7-1-3-12-20(17)19)28-25-29-30-26(34-25)33-16-24(32)27-22-14-6-10-18-8-2-4-13-21(18)22/h1-14H,15-16H2,(H,27,32)(H,28,29,31). The van der Waals surface area contributed by atoms with Gasteiger partial charge in [0.15, 0.2) is 4.34 Å². The number of nitrogens with one attached hydrogen (secondary N) is 2. The van der Waals surface area contributed by atoms with Crippen LogP contribution in [-0.4, -0.2) is 27.8 Å². The van der Waals surface area contributed by atoms with Crippen molar-refractivity contribution in [2.24, 2.45) is 0 Å². The van der Waals surface area contributed by atoms with Gasteiger partial charge in [0, 0.05) is 11.1 Å². The molecule has 0 spiro atoms. The van der Waals surface area contributed by atoms with E-state index in [1.165, 1.54) is 23.1 Å². The smallest absolute Gasteiger partial charge is 0.234 e. The summed E-state index contributed by atoms with van der Waals surface area (Å²) in [4.78, 5) is 25.0. The van der Waals surface area contributed by atoms with Crippen LogP contribution in [0.15, 0.2) is 89.3 Å². The summed E-state index contributed by atoms with van der Waals surface area (Å²) in [6.07, 6.45) is 0.247. The van der Waals surface area contributed by atoms with Crippen LogP contribution < -0.4 is 10.6 Å². The highest BCUT2D eigenvalue weighted by atomic mass is 32.2.